The summed E-state index contributed by atoms with van der Waals surface area (Å²) < 4.78 is 14.1. The lowest BCUT2D eigenvalue weighted by molar-refractivity contribution is -0.140. The third-order valence-electron chi connectivity index (χ3n) is 8.00. The number of aryl methyl sites for hydroxylation is 2. The predicted octanol–water partition coefficient (Wildman–Crippen LogP) is 4.41. The van der Waals surface area contributed by atoms with E-state index in [4.69, 9.17) is 5.10 Å². The Balaban J connectivity index is 1.39. The predicted molar refractivity (Wildman–Crippen MR) is 118 cm³/mol. The Bertz CT molecular complexity index is 1050. The fourth-order valence-corrected chi connectivity index (χ4v) is 8.37. The number of amides is 1. The topological polar surface area (TPSA) is 64.0 Å². The minimum Gasteiger partial charge on any atom is -0.310 e. The highest BCUT2D eigenvalue weighted by Gasteiger charge is 2.54. The SMILES string of the molecule is Cc1ccc(-n2nc3c(c2NC(=O)C24CC5CC(CC(C5)C2)C4)C[S@](=O)C3)c(C)c1. The maximum absolute atomic E-state index is 13.7. The molecule has 1 aromatic heterocycles. The second-order valence-electron chi connectivity index (χ2n) is 10.4. The van der Waals surface area contributed by atoms with Gasteiger partial charge in [0, 0.05) is 16.4 Å². The zero-order valence-electron chi connectivity index (χ0n) is 17.7. The van der Waals surface area contributed by atoms with E-state index in [1.807, 2.05) is 4.68 Å². The maximum atomic E-state index is 13.7. The fraction of sp³-hybridized carbons (Fsp3) is 0.583. The van der Waals surface area contributed by atoms with E-state index in [-0.39, 0.29) is 11.3 Å². The van der Waals surface area contributed by atoms with Gasteiger partial charge < -0.3 is 5.32 Å². The number of nitrogens with zero attached hydrogens (tertiary/aromatic N) is 2. The van der Waals surface area contributed by atoms with Gasteiger partial charge in [-0.1, -0.05) is 17.7 Å². The van der Waals surface area contributed by atoms with Crippen molar-refractivity contribution in [1.82, 2.24) is 9.78 Å². The first kappa shape index (κ1) is 18.8. The molecule has 0 unspecified atom stereocenters. The van der Waals surface area contributed by atoms with Gasteiger partial charge in [0.2, 0.25) is 5.91 Å². The highest BCUT2D eigenvalue weighted by molar-refractivity contribution is 7.83. The summed E-state index contributed by atoms with van der Waals surface area (Å²) in [6, 6.07) is 6.30. The Morgan fingerprint density at radius 1 is 1.10 bits per heavy atom. The first-order valence-corrected chi connectivity index (χ1v) is 12.7. The smallest absolute Gasteiger partial charge is 0.231 e. The summed E-state index contributed by atoms with van der Waals surface area (Å²) in [5, 5.41) is 8.15. The molecule has 0 spiro atoms. The Morgan fingerprint density at radius 2 is 1.77 bits per heavy atom. The Labute approximate surface area is 180 Å². The van der Waals surface area contributed by atoms with Gasteiger partial charge in [0.05, 0.1) is 28.3 Å². The van der Waals surface area contributed by atoms with E-state index in [1.165, 1.54) is 24.8 Å². The van der Waals surface area contributed by atoms with E-state index >= 15 is 0 Å². The molecule has 4 aliphatic carbocycles. The third-order valence-corrected chi connectivity index (χ3v) is 9.21. The highest BCUT2D eigenvalue weighted by Crippen LogP contribution is 2.60. The summed E-state index contributed by atoms with van der Waals surface area (Å²) >= 11 is 0. The third kappa shape index (κ3) is 2.83. The van der Waals surface area contributed by atoms with E-state index < -0.39 is 10.8 Å². The lowest BCUT2D eigenvalue weighted by Crippen LogP contribution is -2.52. The number of carbonyl (C=O) groups excluding carboxylic acids is 1. The van der Waals surface area contributed by atoms with Crippen molar-refractivity contribution in [3.8, 4) is 5.69 Å². The average molecular weight is 424 g/mol. The zero-order chi connectivity index (χ0) is 20.6. The molecule has 5 aliphatic rings. The molecule has 4 saturated carbocycles. The summed E-state index contributed by atoms with van der Waals surface area (Å²) in [7, 11) is -0.924. The van der Waals surface area contributed by atoms with Gasteiger partial charge in [-0.05, 0) is 81.8 Å². The van der Waals surface area contributed by atoms with E-state index in [0.29, 0.717) is 11.5 Å². The number of hydrogen-bond donors (Lipinski definition) is 1. The molecule has 158 valence electrons. The largest absolute Gasteiger partial charge is 0.310 e. The summed E-state index contributed by atoms with van der Waals surface area (Å²) in [5.41, 5.74) is 4.94. The highest BCUT2D eigenvalue weighted by atomic mass is 32.2. The number of fused-ring (bicyclic) bond motifs is 1. The molecule has 0 radical (unpaired) electrons. The summed E-state index contributed by atoms with van der Waals surface area (Å²) in [4.78, 5) is 13.7. The van der Waals surface area contributed by atoms with Crippen LogP contribution in [0.3, 0.4) is 0 Å². The normalized spacial score (nSPS) is 33.7. The molecule has 6 heteroatoms. The second-order valence-corrected chi connectivity index (χ2v) is 11.8. The van der Waals surface area contributed by atoms with Crippen molar-refractivity contribution in [2.45, 2.75) is 63.9 Å². The molecule has 1 N–H and O–H groups in total. The van der Waals surface area contributed by atoms with Crippen LogP contribution in [0.15, 0.2) is 18.2 Å². The van der Waals surface area contributed by atoms with Crippen molar-refractivity contribution >= 4 is 22.5 Å². The van der Waals surface area contributed by atoms with Gasteiger partial charge in [-0.3, -0.25) is 9.00 Å². The first-order chi connectivity index (χ1) is 14.4. The molecular weight excluding hydrogens is 394 g/mol. The van der Waals surface area contributed by atoms with Crippen LogP contribution in [0.4, 0.5) is 5.82 Å². The van der Waals surface area contributed by atoms with Gasteiger partial charge in [-0.2, -0.15) is 5.10 Å². The molecule has 2 heterocycles. The van der Waals surface area contributed by atoms with E-state index in [0.717, 1.165) is 65.3 Å². The molecular formula is C24H29N3O2S. The van der Waals surface area contributed by atoms with Gasteiger partial charge in [0.25, 0.3) is 0 Å². The van der Waals surface area contributed by atoms with Crippen molar-refractivity contribution in [3.05, 3.63) is 40.6 Å². The van der Waals surface area contributed by atoms with Crippen molar-refractivity contribution in [2.75, 3.05) is 5.32 Å². The van der Waals surface area contributed by atoms with Crippen LogP contribution in [0.5, 0.6) is 0 Å². The minimum atomic E-state index is -0.924. The second kappa shape index (κ2) is 6.52. The molecule has 1 atom stereocenters. The number of benzene rings is 1. The van der Waals surface area contributed by atoms with Crippen molar-refractivity contribution in [3.63, 3.8) is 0 Å². The lowest BCUT2D eigenvalue weighted by Gasteiger charge is -2.55. The van der Waals surface area contributed by atoms with Crippen LogP contribution in [0.2, 0.25) is 0 Å². The number of rotatable bonds is 3. The van der Waals surface area contributed by atoms with E-state index in [9.17, 15) is 9.00 Å². The summed E-state index contributed by atoms with van der Waals surface area (Å²) in [5.74, 6) is 4.07. The van der Waals surface area contributed by atoms with E-state index in [2.05, 4.69) is 37.4 Å². The van der Waals surface area contributed by atoms with Crippen LogP contribution in [-0.4, -0.2) is 19.9 Å². The molecule has 2 aromatic rings. The van der Waals surface area contributed by atoms with Crippen LogP contribution >= 0.6 is 0 Å². The molecule has 0 saturated heterocycles. The Kier molecular flexibility index (Phi) is 4.09. The quantitative estimate of drug-likeness (QED) is 0.795. The van der Waals surface area contributed by atoms with Gasteiger partial charge in [0.1, 0.15) is 5.82 Å². The van der Waals surface area contributed by atoms with Gasteiger partial charge >= 0.3 is 0 Å². The summed E-state index contributed by atoms with van der Waals surface area (Å²) in [6.07, 6.45) is 7.08. The van der Waals surface area contributed by atoms with Crippen molar-refractivity contribution in [1.29, 1.82) is 0 Å². The monoisotopic (exact) mass is 423 g/mol. The minimum absolute atomic E-state index is 0.174. The number of carbonyl (C=O) groups is 1. The van der Waals surface area contributed by atoms with E-state index in [1.54, 1.807) is 0 Å². The Morgan fingerprint density at radius 3 is 2.40 bits per heavy atom. The van der Waals surface area contributed by atoms with Crippen LogP contribution < -0.4 is 5.32 Å². The van der Waals surface area contributed by atoms with Crippen LogP contribution in [0.25, 0.3) is 5.69 Å². The number of hydrogen-bond acceptors (Lipinski definition) is 3. The number of anilines is 1. The standard InChI is InChI=1S/C24H29N3O2S/c1-14-3-4-21(15(2)5-14)27-22(19-12-30(29)13-20(19)26-27)25-23(28)24-9-16-6-17(10-24)8-18(7-16)11-24/h3-5,16-18H,6-13H2,1-2H3,(H,25,28)/t16?,17?,18?,24?,30-/m0/s1. The Hall–Kier alpha value is -1.95. The molecule has 30 heavy (non-hydrogen) atoms. The van der Waals surface area contributed by atoms with Gasteiger partial charge in [-0.25, -0.2) is 4.68 Å². The molecule has 7 rings (SSSR count). The van der Waals surface area contributed by atoms with Crippen LogP contribution in [0, 0.1) is 37.0 Å². The maximum Gasteiger partial charge on any atom is 0.231 e. The van der Waals surface area contributed by atoms with Crippen LogP contribution in [0.1, 0.15) is 60.9 Å². The molecule has 5 nitrogen and oxygen atoms in total. The first-order valence-electron chi connectivity index (χ1n) is 11.2. The van der Waals surface area contributed by atoms with Gasteiger partial charge in [-0.15, -0.1) is 0 Å². The lowest BCUT2D eigenvalue weighted by atomic mass is 9.49. The molecule has 4 fully saturated rings. The van der Waals surface area contributed by atoms with Gasteiger partial charge in [0.15, 0.2) is 0 Å². The molecule has 4 bridgehead atoms. The zero-order valence-corrected chi connectivity index (χ0v) is 18.6. The fourth-order valence-electron chi connectivity index (χ4n) is 7.10. The van der Waals surface area contributed by atoms with Crippen LogP contribution in [-0.2, 0) is 27.1 Å². The van der Waals surface area contributed by atoms with Crippen molar-refractivity contribution < 1.29 is 9.00 Å². The number of nitrogens with one attached hydrogen (secondary N) is 1. The summed E-state index contributed by atoms with van der Waals surface area (Å²) in [6.45, 7) is 4.16. The molecule has 1 aliphatic heterocycles. The van der Waals surface area contributed by atoms with Crippen molar-refractivity contribution in [2.24, 2.45) is 23.2 Å². The number of aromatic nitrogens is 2. The average Bonchev–Trinajstić information content (AvgIpc) is 3.17. The molecule has 1 aromatic carbocycles. The molecule has 1 amide bonds.